The van der Waals surface area contributed by atoms with Crippen LogP contribution in [0.15, 0.2) is 53.5 Å². The molecule has 0 fully saturated rings. The molecule has 0 saturated heterocycles. The number of ether oxygens (including phenoxy) is 2. The number of aromatic amines is 1. The molecule has 3 rings (SSSR count). The van der Waals surface area contributed by atoms with E-state index >= 15 is 0 Å². The second-order valence-electron chi connectivity index (χ2n) is 6.19. The fourth-order valence-electron chi connectivity index (χ4n) is 2.92. The quantitative estimate of drug-likeness (QED) is 0.389. The number of para-hydroxylation sites is 1. The van der Waals surface area contributed by atoms with E-state index in [1.807, 2.05) is 75.6 Å². The molecule has 3 aromatic rings. The van der Waals surface area contributed by atoms with Gasteiger partial charge < -0.3 is 14.8 Å². The molecule has 2 N–H and O–H groups in total. The molecule has 0 spiro atoms. The Bertz CT molecular complexity index is 970. The number of thioether (sulfide) groups is 1. The van der Waals surface area contributed by atoms with Gasteiger partial charge in [0, 0.05) is 16.9 Å². The van der Waals surface area contributed by atoms with Crippen molar-refractivity contribution in [3.63, 3.8) is 0 Å². The van der Waals surface area contributed by atoms with Crippen molar-refractivity contribution in [3.8, 4) is 22.6 Å². The fraction of sp³-hybridized carbons (Fsp3) is 0.273. The SMILES string of the molecule is CCOc1ccc(-c2c(N=C(Nc3ccccc3)SC)n[nH]c2C)cc1OCC. The highest BCUT2D eigenvalue weighted by Gasteiger charge is 2.16. The highest BCUT2D eigenvalue weighted by atomic mass is 32.2. The third-order valence-corrected chi connectivity index (χ3v) is 4.77. The van der Waals surface area contributed by atoms with Crippen LogP contribution in [-0.4, -0.2) is 34.8 Å². The van der Waals surface area contributed by atoms with Gasteiger partial charge in [-0.25, -0.2) is 4.99 Å². The Labute approximate surface area is 175 Å². The molecule has 29 heavy (non-hydrogen) atoms. The van der Waals surface area contributed by atoms with Crippen LogP contribution in [-0.2, 0) is 0 Å². The van der Waals surface area contributed by atoms with E-state index in [0.29, 0.717) is 19.0 Å². The van der Waals surface area contributed by atoms with E-state index < -0.39 is 0 Å². The minimum Gasteiger partial charge on any atom is -0.490 e. The molecule has 0 amide bonds. The Balaban J connectivity index is 1.98. The number of aryl methyl sites for hydroxylation is 1. The van der Waals surface area contributed by atoms with Gasteiger partial charge >= 0.3 is 0 Å². The van der Waals surface area contributed by atoms with E-state index in [1.165, 1.54) is 11.8 Å². The molecule has 0 bridgehead atoms. The number of nitrogens with one attached hydrogen (secondary N) is 2. The summed E-state index contributed by atoms with van der Waals surface area (Å²) in [5.74, 6) is 2.08. The first-order chi connectivity index (χ1) is 14.2. The largest absolute Gasteiger partial charge is 0.490 e. The van der Waals surface area contributed by atoms with Gasteiger partial charge in [-0.1, -0.05) is 36.0 Å². The Morgan fingerprint density at radius 3 is 2.48 bits per heavy atom. The maximum absolute atomic E-state index is 5.78. The summed E-state index contributed by atoms with van der Waals surface area (Å²) in [6.07, 6.45) is 1.98. The zero-order chi connectivity index (χ0) is 20.6. The summed E-state index contributed by atoms with van der Waals surface area (Å²) in [6, 6.07) is 15.9. The molecular formula is C22H26N4O2S. The number of aromatic nitrogens is 2. The van der Waals surface area contributed by atoms with Gasteiger partial charge in [0.15, 0.2) is 22.5 Å². The van der Waals surface area contributed by atoms with Crippen molar-refractivity contribution in [2.75, 3.05) is 24.8 Å². The summed E-state index contributed by atoms with van der Waals surface area (Å²) in [6.45, 7) is 7.06. The van der Waals surface area contributed by atoms with Crippen LogP contribution in [0.5, 0.6) is 11.5 Å². The molecule has 0 saturated carbocycles. The van der Waals surface area contributed by atoms with E-state index in [9.17, 15) is 0 Å². The lowest BCUT2D eigenvalue weighted by molar-refractivity contribution is 0.288. The van der Waals surface area contributed by atoms with E-state index in [1.54, 1.807) is 0 Å². The lowest BCUT2D eigenvalue weighted by Crippen LogP contribution is -2.06. The predicted molar refractivity (Wildman–Crippen MR) is 122 cm³/mol. The standard InChI is InChI=1S/C22H26N4O2S/c1-5-27-18-13-12-16(14-19(18)28-6-2)20-15(3)25-26-21(20)24-22(29-4)23-17-10-8-7-9-11-17/h7-14H,5-6H2,1-4H3,(H2,23,24,25,26). The Morgan fingerprint density at radius 2 is 1.79 bits per heavy atom. The molecule has 0 unspecified atom stereocenters. The van der Waals surface area contributed by atoms with Crippen LogP contribution < -0.4 is 14.8 Å². The van der Waals surface area contributed by atoms with E-state index in [4.69, 9.17) is 14.5 Å². The maximum Gasteiger partial charge on any atom is 0.184 e. The summed E-state index contributed by atoms with van der Waals surface area (Å²) >= 11 is 1.53. The third kappa shape index (κ3) is 5.12. The van der Waals surface area contributed by atoms with E-state index in [0.717, 1.165) is 39.2 Å². The number of amidine groups is 1. The van der Waals surface area contributed by atoms with Crippen molar-refractivity contribution < 1.29 is 9.47 Å². The summed E-state index contributed by atoms with van der Waals surface area (Å²) < 4.78 is 11.5. The second kappa shape index (κ2) is 10.0. The van der Waals surface area contributed by atoms with Gasteiger partial charge in [-0.3, -0.25) is 5.10 Å². The summed E-state index contributed by atoms with van der Waals surface area (Å²) in [4.78, 5) is 4.76. The minimum atomic E-state index is 0.566. The van der Waals surface area contributed by atoms with Gasteiger partial charge in [0.05, 0.1) is 13.2 Å². The highest BCUT2D eigenvalue weighted by molar-refractivity contribution is 8.13. The van der Waals surface area contributed by atoms with E-state index in [-0.39, 0.29) is 0 Å². The van der Waals surface area contributed by atoms with Gasteiger partial charge in [0.1, 0.15) is 0 Å². The normalized spacial score (nSPS) is 11.4. The molecule has 152 valence electrons. The van der Waals surface area contributed by atoms with Crippen LogP contribution in [0.25, 0.3) is 11.1 Å². The molecule has 0 aliphatic rings. The number of benzene rings is 2. The van der Waals surface area contributed by atoms with Crippen molar-refractivity contribution in [1.82, 2.24) is 10.2 Å². The van der Waals surface area contributed by atoms with Crippen molar-refractivity contribution >= 4 is 28.4 Å². The molecule has 1 aromatic heterocycles. The summed E-state index contributed by atoms with van der Waals surface area (Å²) in [5, 5.41) is 11.6. The Morgan fingerprint density at radius 1 is 1.07 bits per heavy atom. The van der Waals surface area contributed by atoms with Crippen molar-refractivity contribution in [1.29, 1.82) is 0 Å². The molecule has 6 nitrogen and oxygen atoms in total. The maximum atomic E-state index is 5.78. The van der Waals surface area contributed by atoms with Gasteiger partial charge in [-0.05, 0) is 56.9 Å². The molecule has 0 aliphatic heterocycles. The number of hydrogen-bond acceptors (Lipinski definition) is 5. The predicted octanol–water partition coefficient (Wildman–Crippen LogP) is 5.65. The fourth-order valence-corrected chi connectivity index (χ4v) is 3.31. The van der Waals surface area contributed by atoms with Crippen molar-refractivity contribution in [2.45, 2.75) is 20.8 Å². The smallest absolute Gasteiger partial charge is 0.184 e. The number of hydrogen-bond donors (Lipinski definition) is 2. The molecule has 2 aromatic carbocycles. The number of nitrogens with zero attached hydrogens (tertiary/aromatic N) is 2. The van der Waals surface area contributed by atoms with Crippen LogP contribution in [0.4, 0.5) is 11.5 Å². The second-order valence-corrected chi connectivity index (χ2v) is 6.98. The summed E-state index contributed by atoms with van der Waals surface area (Å²) in [5.41, 5.74) is 3.84. The third-order valence-electron chi connectivity index (χ3n) is 4.19. The minimum absolute atomic E-state index is 0.566. The van der Waals surface area contributed by atoms with E-state index in [2.05, 4.69) is 15.5 Å². The van der Waals surface area contributed by atoms with Crippen molar-refractivity contribution in [3.05, 3.63) is 54.2 Å². The zero-order valence-electron chi connectivity index (χ0n) is 17.2. The van der Waals surface area contributed by atoms with Crippen LogP contribution in [0.1, 0.15) is 19.5 Å². The van der Waals surface area contributed by atoms with Gasteiger partial charge in [-0.2, -0.15) is 5.10 Å². The van der Waals surface area contributed by atoms with Crippen LogP contribution in [0.2, 0.25) is 0 Å². The van der Waals surface area contributed by atoms with Crippen LogP contribution >= 0.6 is 11.8 Å². The molecular weight excluding hydrogens is 384 g/mol. The van der Waals surface area contributed by atoms with Crippen molar-refractivity contribution in [2.24, 2.45) is 4.99 Å². The molecule has 0 atom stereocenters. The average Bonchev–Trinajstić information content (AvgIpc) is 3.10. The average molecular weight is 411 g/mol. The first-order valence-corrected chi connectivity index (χ1v) is 10.8. The molecule has 1 heterocycles. The zero-order valence-corrected chi connectivity index (χ0v) is 18.0. The lowest BCUT2D eigenvalue weighted by Gasteiger charge is -2.13. The molecule has 0 aliphatic carbocycles. The first kappa shape index (κ1) is 20.8. The number of anilines is 1. The monoisotopic (exact) mass is 410 g/mol. The summed E-state index contributed by atoms with van der Waals surface area (Å²) in [7, 11) is 0. The van der Waals surface area contributed by atoms with Crippen LogP contribution in [0, 0.1) is 6.92 Å². The number of aliphatic imine (C=N–C) groups is 1. The first-order valence-electron chi connectivity index (χ1n) is 9.56. The lowest BCUT2D eigenvalue weighted by atomic mass is 10.1. The molecule has 0 radical (unpaired) electrons. The van der Waals surface area contributed by atoms with Gasteiger partial charge in [0.25, 0.3) is 0 Å². The van der Waals surface area contributed by atoms with Gasteiger partial charge in [-0.15, -0.1) is 0 Å². The number of rotatable bonds is 7. The topological polar surface area (TPSA) is 71.5 Å². The Hall–Kier alpha value is -2.93. The number of H-pyrrole nitrogens is 1. The highest BCUT2D eigenvalue weighted by Crippen LogP contribution is 2.37. The Kier molecular flexibility index (Phi) is 7.19. The van der Waals surface area contributed by atoms with Gasteiger partial charge in [0.2, 0.25) is 0 Å². The molecule has 7 heteroatoms. The van der Waals surface area contributed by atoms with Crippen LogP contribution in [0.3, 0.4) is 0 Å².